The first-order chi connectivity index (χ1) is 12.6. The fraction of sp³-hybridized carbons (Fsp3) is 0.556. The smallest absolute Gasteiger partial charge is 0.312 e. The first kappa shape index (κ1) is 17.1. The number of hydrogen-bond acceptors (Lipinski definition) is 8. The van der Waals surface area contributed by atoms with Crippen LogP contribution in [0.3, 0.4) is 0 Å². The molecule has 0 saturated carbocycles. The maximum atomic E-state index is 12.3. The predicted molar refractivity (Wildman–Crippen MR) is 92.9 cm³/mol. The first-order valence-corrected chi connectivity index (χ1v) is 8.98. The molecule has 2 aliphatic heterocycles. The molecular weight excluding hydrogens is 334 g/mol. The summed E-state index contributed by atoms with van der Waals surface area (Å²) in [5, 5.41) is 7.32. The molecule has 8 heteroatoms. The van der Waals surface area contributed by atoms with Crippen LogP contribution < -0.4 is 5.32 Å². The van der Waals surface area contributed by atoms with Gasteiger partial charge in [-0.2, -0.15) is 4.98 Å². The van der Waals surface area contributed by atoms with Gasteiger partial charge in [0.15, 0.2) is 0 Å². The van der Waals surface area contributed by atoms with Crippen LogP contribution in [-0.2, 0) is 16.1 Å². The number of piperidine rings is 1. The second-order valence-corrected chi connectivity index (χ2v) is 7.21. The molecule has 26 heavy (non-hydrogen) atoms. The van der Waals surface area contributed by atoms with Crippen molar-refractivity contribution >= 4 is 5.97 Å². The Hall–Kier alpha value is -2.32. The summed E-state index contributed by atoms with van der Waals surface area (Å²) in [6.45, 7) is 2.94. The van der Waals surface area contributed by atoms with E-state index in [0.717, 1.165) is 37.9 Å². The standard InChI is InChI=1S/C18H23N5O3/c1-23(11-14-9-18(17(24)25-14)4-7-19-8-5-18)12-15-21-16(22-26-15)13-3-2-6-20-10-13/h2-3,6,10,14,19H,4-5,7-9,11-12H2,1H3. The number of carbonyl (C=O) groups is 1. The second kappa shape index (κ2) is 7.13. The Bertz CT molecular complexity index is 757. The zero-order chi connectivity index (χ0) is 18.0. The van der Waals surface area contributed by atoms with E-state index >= 15 is 0 Å². The van der Waals surface area contributed by atoms with Gasteiger partial charge < -0.3 is 14.6 Å². The molecule has 2 saturated heterocycles. The molecule has 2 fully saturated rings. The molecule has 4 rings (SSSR count). The molecule has 1 spiro atoms. The van der Waals surface area contributed by atoms with Crippen molar-refractivity contribution in [2.75, 3.05) is 26.7 Å². The minimum Gasteiger partial charge on any atom is -0.461 e. The van der Waals surface area contributed by atoms with Crippen molar-refractivity contribution in [2.24, 2.45) is 5.41 Å². The highest BCUT2D eigenvalue weighted by atomic mass is 16.6. The van der Waals surface area contributed by atoms with Crippen LogP contribution in [0.4, 0.5) is 0 Å². The number of cyclic esters (lactones) is 1. The topological polar surface area (TPSA) is 93.4 Å². The summed E-state index contributed by atoms with van der Waals surface area (Å²) in [5.41, 5.74) is 0.539. The molecular formula is C18H23N5O3. The van der Waals surface area contributed by atoms with E-state index in [2.05, 4.69) is 25.3 Å². The Morgan fingerprint density at radius 1 is 1.38 bits per heavy atom. The van der Waals surface area contributed by atoms with Gasteiger partial charge in [0.25, 0.3) is 0 Å². The van der Waals surface area contributed by atoms with E-state index < -0.39 is 0 Å². The van der Waals surface area contributed by atoms with Gasteiger partial charge in [0.05, 0.1) is 12.0 Å². The van der Waals surface area contributed by atoms with Gasteiger partial charge in [-0.05, 0) is 45.1 Å². The molecule has 1 unspecified atom stereocenters. The number of carbonyl (C=O) groups excluding carboxylic acids is 1. The van der Waals surface area contributed by atoms with Crippen LogP contribution in [-0.4, -0.2) is 58.8 Å². The van der Waals surface area contributed by atoms with Crippen molar-refractivity contribution in [2.45, 2.75) is 31.9 Å². The van der Waals surface area contributed by atoms with Crippen LogP contribution in [0.5, 0.6) is 0 Å². The molecule has 0 amide bonds. The molecule has 2 aliphatic rings. The van der Waals surface area contributed by atoms with Gasteiger partial charge in [-0.25, -0.2) is 0 Å². The summed E-state index contributed by atoms with van der Waals surface area (Å²) in [5.74, 6) is 1.03. The van der Waals surface area contributed by atoms with Crippen LogP contribution in [0.25, 0.3) is 11.4 Å². The van der Waals surface area contributed by atoms with Gasteiger partial charge in [0.2, 0.25) is 11.7 Å². The number of nitrogens with one attached hydrogen (secondary N) is 1. The SMILES string of the molecule is CN(Cc1nc(-c2cccnc2)no1)CC1CC2(CCNCC2)C(=O)O1. The molecule has 0 aliphatic carbocycles. The van der Waals surface area contributed by atoms with E-state index in [9.17, 15) is 4.79 Å². The van der Waals surface area contributed by atoms with Gasteiger partial charge >= 0.3 is 5.97 Å². The van der Waals surface area contributed by atoms with E-state index in [0.29, 0.717) is 24.8 Å². The maximum absolute atomic E-state index is 12.3. The third kappa shape index (κ3) is 3.47. The number of pyridine rings is 1. The minimum absolute atomic E-state index is 0.0333. The van der Waals surface area contributed by atoms with E-state index in [1.54, 1.807) is 12.4 Å². The Labute approximate surface area is 151 Å². The summed E-state index contributed by atoms with van der Waals surface area (Å²) in [7, 11) is 1.97. The van der Waals surface area contributed by atoms with E-state index in [4.69, 9.17) is 9.26 Å². The lowest BCUT2D eigenvalue weighted by molar-refractivity contribution is -0.150. The molecule has 2 aromatic heterocycles. The van der Waals surface area contributed by atoms with Crippen molar-refractivity contribution in [3.63, 3.8) is 0 Å². The quantitative estimate of drug-likeness (QED) is 0.799. The fourth-order valence-corrected chi connectivity index (χ4v) is 3.83. The summed E-state index contributed by atoms with van der Waals surface area (Å²) in [6, 6.07) is 3.73. The number of esters is 1. The molecule has 138 valence electrons. The highest BCUT2D eigenvalue weighted by molar-refractivity contribution is 5.79. The molecule has 1 atom stereocenters. The minimum atomic E-state index is -0.283. The third-order valence-electron chi connectivity index (χ3n) is 5.19. The number of aromatic nitrogens is 3. The zero-order valence-corrected chi connectivity index (χ0v) is 14.9. The monoisotopic (exact) mass is 357 g/mol. The fourth-order valence-electron chi connectivity index (χ4n) is 3.83. The second-order valence-electron chi connectivity index (χ2n) is 7.21. The molecule has 0 bridgehead atoms. The van der Waals surface area contributed by atoms with Gasteiger partial charge in [-0.15, -0.1) is 0 Å². The van der Waals surface area contributed by atoms with Crippen molar-refractivity contribution < 1.29 is 14.1 Å². The number of likely N-dealkylation sites (N-methyl/N-ethyl adjacent to an activating group) is 1. The molecule has 1 N–H and O–H groups in total. The van der Waals surface area contributed by atoms with Gasteiger partial charge in [-0.1, -0.05) is 5.16 Å². The van der Waals surface area contributed by atoms with Crippen molar-refractivity contribution in [1.82, 2.24) is 25.3 Å². The van der Waals surface area contributed by atoms with Crippen LogP contribution in [0.15, 0.2) is 29.0 Å². The molecule has 4 heterocycles. The lowest BCUT2D eigenvalue weighted by Gasteiger charge is -2.29. The maximum Gasteiger partial charge on any atom is 0.312 e. The molecule has 8 nitrogen and oxygen atoms in total. The molecule has 2 aromatic rings. The average Bonchev–Trinajstić information content (AvgIpc) is 3.22. The van der Waals surface area contributed by atoms with Gasteiger partial charge in [-0.3, -0.25) is 14.7 Å². The lowest BCUT2D eigenvalue weighted by Crippen LogP contribution is -2.39. The van der Waals surface area contributed by atoms with Crippen LogP contribution in [0.1, 0.15) is 25.2 Å². The Morgan fingerprint density at radius 3 is 3.00 bits per heavy atom. The Balaban J connectivity index is 1.34. The number of hydrogen-bond donors (Lipinski definition) is 1. The van der Waals surface area contributed by atoms with Crippen LogP contribution in [0.2, 0.25) is 0 Å². The van der Waals surface area contributed by atoms with E-state index in [1.807, 2.05) is 19.2 Å². The Kier molecular flexibility index (Phi) is 4.69. The number of rotatable bonds is 5. The zero-order valence-electron chi connectivity index (χ0n) is 14.9. The van der Waals surface area contributed by atoms with E-state index in [-0.39, 0.29) is 17.5 Å². The third-order valence-corrected chi connectivity index (χ3v) is 5.19. The highest BCUT2D eigenvalue weighted by Gasteiger charge is 2.49. The summed E-state index contributed by atoms with van der Waals surface area (Å²) < 4.78 is 11.0. The van der Waals surface area contributed by atoms with Crippen molar-refractivity contribution in [3.8, 4) is 11.4 Å². The summed E-state index contributed by atoms with van der Waals surface area (Å²) >= 11 is 0. The largest absolute Gasteiger partial charge is 0.461 e. The van der Waals surface area contributed by atoms with Crippen molar-refractivity contribution in [1.29, 1.82) is 0 Å². The number of ether oxygens (including phenoxy) is 1. The van der Waals surface area contributed by atoms with Crippen LogP contribution in [0, 0.1) is 5.41 Å². The van der Waals surface area contributed by atoms with Gasteiger partial charge in [0, 0.05) is 30.9 Å². The predicted octanol–water partition coefficient (Wildman–Crippen LogP) is 1.25. The average molecular weight is 357 g/mol. The summed E-state index contributed by atoms with van der Waals surface area (Å²) in [6.07, 6.45) is 5.86. The molecule has 0 aromatic carbocycles. The van der Waals surface area contributed by atoms with Gasteiger partial charge in [0.1, 0.15) is 6.10 Å². The highest BCUT2D eigenvalue weighted by Crippen LogP contribution is 2.41. The first-order valence-electron chi connectivity index (χ1n) is 8.98. The van der Waals surface area contributed by atoms with Crippen LogP contribution >= 0.6 is 0 Å². The normalized spacial score (nSPS) is 22.1. The van der Waals surface area contributed by atoms with Crippen molar-refractivity contribution in [3.05, 3.63) is 30.4 Å². The lowest BCUT2D eigenvalue weighted by atomic mass is 9.76. The Morgan fingerprint density at radius 2 is 2.23 bits per heavy atom. The molecule has 0 radical (unpaired) electrons. The van der Waals surface area contributed by atoms with E-state index in [1.165, 1.54) is 0 Å². The summed E-state index contributed by atoms with van der Waals surface area (Å²) in [4.78, 5) is 22.9. The number of nitrogens with zero attached hydrogens (tertiary/aromatic N) is 4.